The normalized spacial score (nSPS) is 20.8. The lowest BCUT2D eigenvalue weighted by molar-refractivity contribution is -0.134. The third kappa shape index (κ3) is 4.55. The molecule has 0 radical (unpaired) electrons. The highest BCUT2D eigenvalue weighted by Crippen LogP contribution is 2.15. The maximum Gasteiger partial charge on any atom is 0.253 e. The molecule has 1 aromatic rings. The summed E-state index contributed by atoms with van der Waals surface area (Å²) in [5, 5.41) is 3.22. The van der Waals surface area contributed by atoms with E-state index in [2.05, 4.69) is 24.4 Å². The van der Waals surface area contributed by atoms with Gasteiger partial charge in [0.2, 0.25) is 5.91 Å². The number of aryl methyl sites for hydroxylation is 1. The van der Waals surface area contributed by atoms with Crippen molar-refractivity contribution >= 4 is 23.6 Å². The van der Waals surface area contributed by atoms with Crippen LogP contribution in [0.4, 0.5) is 0 Å². The molecule has 1 N–H and O–H groups in total. The van der Waals surface area contributed by atoms with Gasteiger partial charge in [0.25, 0.3) is 5.91 Å². The SMILES string of the molecule is CCCCc1ccc(C(=O)N2CCN(C(=O)C3CSCN3)CC2)cc1. The lowest BCUT2D eigenvalue weighted by Crippen LogP contribution is -2.54. The molecule has 1 atom stereocenters. The van der Waals surface area contributed by atoms with Gasteiger partial charge in [-0.25, -0.2) is 0 Å². The van der Waals surface area contributed by atoms with Gasteiger partial charge in [0.1, 0.15) is 0 Å². The molecule has 5 nitrogen and oxygen atoms in total. The van der Waals surface area contributed by atoms with Crippen molar-refractivity contribution in [2.75, 3.05) is 37.8 Å². The van der Waals surface area contributed by atoms with Crippen LogP contribution in [0.3, 0.4) is 0 Å². The summed E-state index contributed by atoms with van der Waals surface area (Å²) in [7, 11) is 0. The van der Waals surface area contributed by atoms with Gasteiger partial charge in [-0.05, 0) is 30.5 Å². The first-order valence-corrected chi connectivity index (χ1v) is 10.3. The van der Waals surface area contributed by atoms with Crippen LogP contribution in [0, 0.1) is 0 Å². The van der Waals surface area contributed by atoms with Crippen molar-refractivity contribution in [1.29, 1.82) is 0 Å². The molecule has 1 unspecified atom stereocenters. The molecule has 0 spiro atoms. The Morgan fingerprint density at radius 2 is 1.80 bits per heavy atom. The molecule has 25 heavy (non-hydrogen) atoms. The quantitative estimate of drug-likeness (QED) is 0.871. The standard InChI is InChI=1S/C19H27N3O2S/c1-2-3-4-15-5-7-16(8-6-15)18(23)21-9-11-22(12-10-21)19(24)17-13-25-14-20-17/h5-8,17,20H,2-4,9-14H2,1H3. The molecule has 1 aromatic carbocycles. The molecule has 2 aliphatic rings. The fraction of sp³-hybridized carbons (Fsp3) is 0.579. The van der Waals surface area contributed by atoms with E-state index in [0.717, 1.165) is 23.6 Å². The number of unbranched alkanes of at least 4 members (excludes halogenated alkanes) is 1. The average molecular weight is 362 g/mol. The molecule has 2 saturated heterocycles. The number of piperazine rings is 1. The second kappa shape index (κ2) is 8.72. The zero-order chi connectivity index (χ0) is 17.6. The predicted octanol–water partition coefficient (Wildman–Crippen LogP) is 1.98. The van der Waals surface area contributed by atoms with Crippen LogP contribution >= 0.6 is 11.8 Å². The number of carbonyl (C=O) groups is 2. The van der Waals surface area contributed by atoms with Crippen molar-refractivity contribution < 1.29 is 9.59 Å². The Hall–Kier alpha value is -1.53. The van der Waals surface area contributed by atoms with Crippen LogP contribution < -0.4 is 5.32 Å². The first-order valence-electron chi connectivity index (χ1n) is 9.17. The fourth-order valence-corrected chi connectivity index (χ4v) is 4.21. The molecule has 2 heterocycles. The second-order valence-electron chi connectivity index (χ2n) is 6.69. The smallest absolute Gasteiger partial charge is 0.253 e. The van der Waals surface area contributed by atoms with Gasteiger partial charge in [-0.15, -0.1) is 11.8 Å². The first kappa shape index (κ1) is 18.3. The summed E-state index contributed by atoms with van der Waals surface area (Å²) in [6.45, 7) is 4.66. The average Bonchev–Trinajstić information content (AvgIpc) is 3.20. The third-order valence-corrected chi connectivity index (χ3v) is 5.85. The van der Waals surface area contributed by atoms with E-state index in [9.17, 15) is 9.59 Å². The summed E-state index contributed by atoms with van der Waals surface area (Å²) in [5.41, 5.74) is 2.03. The van der Waals surface area contributed by atoms with Crippen molar-refractivity contribution in [1.82, 2.24) is 15.1 Å². The lowest BCUT2D eigenvalue weighted by Gasteiger charge is -2.36. The molecule has 2 fully saturated rings. The van der Waals surface area contributed by atoms with E-state index in [-0.39, 0.29) is 17.9 Å². The van der Waals surface area contributed by atoms with Gasteiger partial charge in [-0.2, -0.15) is 0 Å². The number of hydrogen-bond donors (Lipinski definition) is 1. The molecule has 0 aliphatic carbocycles. The van der Waals surface area contributed by atoms with E-state index in [1.165, 1.54) is 18.4 Å². The van der Waals surface area contributed by atoms with Crippen molar-refractivity contribution in [3.63, 3.8) is 0 Å². The van der Waals surface area contributed by atoms with Crippen LogP contribution in [-0.4, -0.2) is 65.5 Å². The van der Waals surface area contributed by atoms with Gasteiger partial charge in [0.05, 0.1) is 6.04 Å². The maximum absolute atomic E-state index is 12.7. The van der Waals surface area contributed by atoms with Crippen LogP contribution in [-0.2, 0) is 11.2 Å². The number of thioether (sulfide) groups is 1. The van der Waals surface area contributed by atoms with Crippen LogP contribution in [0.1, 0.15) is 35.7 Å². The van der Waals surface area contributed by atoms with Crippen molar-refractivity contribution in [2.24, 2.45) is 0 Å². The molecule has 6 heteroatoms. The highest BCUT2D eigenvalue weighted by atomic mass is 32.2. The van der Waals surface area contributed by atoms with Crippen LogP contribution in [0.2, 0.25) is 0 Å². The van der Waals surface area contributed by atoms with Gasteiger partial charge in [-0.1, -0.05) is 25.5 Å². The van der Waals surface area contributed by atoms with Crippen molar-refractivity contribution in [3.8, 4) is 0 Å². The number of carbonyl (C=O) groups excluding carboxylic acids is 2. The first-order chi connectivity index (χ1) is 12.2. The summed E-state index contributed by atoms with van der Waals surface area (Å²) in [6.07, 6.45) is 3.43. The molecular weight excluding hydrogens is 334 g/mol. The zero-order valence-corrected chi connectivity index (χ0v) is 15.7. The molecule has 0 aromatic heterocycles. The highest BCUT2D eigenvalue weighted by molar-refractivity contribution is 7.99. The largest absolute Gasteiger partial charge is 0.338 e. The van der Waals surface area contributed by atoms with Gasteiger partial charge in [0.15, 0.2) is 0 Å². The van der Waals surface area contributed by atoms with Crippen molar-refractivity contribution in [3.05, 3.63) is 35.4 Å². The minimum Gasteiger partial charge on any atom is -0.338 e. The van der Waals surface area contributed by atoms with E-state index < -0.39 is 0 Å². The number of nitrogens with zero attached hydrogens (tertiary/aromatic N) is 2. The maximum atomic E-state index is 12.7. The molecule has 0 bridgehead atoms. The number of nitrogens with one attached hydrogen (secondary N) is 1. The van der Waals surface area contributed by atoms with Crippen molar-refractivity contribution in [2.45, 2.75) is 32.2 Å². The second-order valence-corrected chi connectivity index (χ2v) is 7.72. The van der Waals surface area contributed by atoms with E-state index in [1.807, 2.05) is 21.9 Å². The number of rotatable bonds is 5. The molecule has 2 aliphatic heterocycles. The van der Waals surface area contributed by atoms with Gasteiger partial charge in [0, 0.05) is 43.4 Å². The minimum atomic E-state index is -0.0529. The fourth-order valence-electron chi connectivity index (χ4n) is 3.28. The van der Waals surface area contributed by atoms with E-state index >= 15 is 0 Å². The molecular formula is C19H27N3O2S. The Bertz CT molecular complexity index is 591. The monoisotopic (exact) mass is 361 g/mol. The van der Waals surface area contributed by atoms with E-state index in [1.54, 1.807) is 11.8 Å². The molecule has 2 amide bonds. The minimum absolute atomic E-state index is 0.0529. The van der Waals surface area contributed by atoms with Crippen LogP contribution in [0.15, 0.2) is 24.3 Å². The Balaban J connectivity index is 1.51. The Morgan fingerprint density at radius 1 is 1.12 bits per heavy atom. The zero-order valence-electron chi connectivity index (χ0n) is 14.9. The number of amides is 2. The molecule has 3 rings (SSSR count). The van der Waals surface area contributed by atoms with E-state index in [4.69, 9.17) is 0 Å². The number of hydrogen-bond acceptors (Lipinski definition) is 4. The van der Waals surface area contributed by atoms with Gasteiger partial charge >= 0.3 is 0 Å². The number of benzene rings is 1. The summed E-state index contributed by atoms with van der Waals surface area (Å²) < 4.78 is 0. The molecule has 136 valence electrons. The van der Waals surface area contributed by atoms with Gasteiger partial charge in [-0.3, -0.25) is 14.9 Å². The van der Waals surface area contributed by atoms with E-state index in [0.29, 0.717) is 26.2 Å². The molecule has 0 saturated carbocycles. The topological polar surface area (TPSA) is 52.7 Å². The lowest BCUT2D eigenvalue weighted by atomic mass is 10.1. The van der Waals surface area contributed by atoms with Crippen LogP contribution in [0.5, 0.6) is 0 Å². The van der Waals surface area contributed by atoms with Gasteiger partial charge < -0.3 is 9.80 Å². The summed E-state index contributed by atoms with van der Waals surface area (Å²) >= 11 is 1.76. The third-order valence-electron chi connectivity index (χ3n) is 4.91. The van der Waals surface area contributed by atoms with Crippen LogP contribution in [0.25, 0.3) is 0 Å². The Kier molecular flexibility index (Phi) is 6.37. The Morgan fingerprint density at radius 3 is 2.40 bits per heavy atom. The highest BCUT2D eigenvalue weighted by Gasteiger charge is 2.30. The summed E-state index contributed by atoms with van der Waals surface area (Å²) in [5.74, 6) is 1.95. The Labute approximate surface area is 154 Å². The predicted molar refractivity (Wildman–Crippen MR) is 102 cm³/mol. The summed E-state index contributed by atoms with van der Waals surface area (Å²) in [6, 6.07) is 7.94. The summed E-state index contributed by atoms with van der Waals surface area (Å²) in [4.78, 5) is 28.8.